The van der Waals surface area contributed by atoms with Crippen molar-refractivity contribution in [3.05, 3.63) is 188 Å². The number of hydrogen-bond acceptors (Lipinski definition) is 3. The van der Waals surface area contributed by atoms with Crippen LogP contribution in [0.15, 0.2) is 197 Å². The van der Waals surface area contributed by atoms with Gasteiger partial charge < -0.3 is 13.7 Å². The number of fused-ring (bicyclic) bond motifs is 6. The molecule has 0 N–H and O–H groups in total. The molecule has 0 aliphatic carbocycles. The third kappa shape index (κ3) is 4.90. The van der Waals surface area contributed by atoms with Gasteiger partial charge in [0.1, 0.15) is 22.3 Å². The normalized spacial score (nSPS) is 11.5. The van der Waals surface area contributed by atoms with Gasteiger partial charge in [-0.05, 0) is 64.7 Å². The number of para-hydroxylation sites is 3. The summed E-state index contributed by atoms with van der Waals surface area (Å²) in [5.74, 6) is 0. The summed E-state index contributed by atoms with van der Waals surface area (Å²) in [6.45, 7) is 0. The summed E-state index contributed by atoms with van der Waals surface area (Å²) in [5, 5.41) is 4.42. The van der Waals surface area contributed by atoms with E-state index < -0.39 is 0 Å². The van der Waals surface area contributed by atoms with E-state index in [0.29, 0.717) is 0 Å². The fraction of sp³-hybridized carbons (Fsp3) is 0. The molecule has 0 saturated carbocycles. The average molecular weight is 654 g/mol. The molecular weight excluding hydrogens is 623 g/mol. The number of anilines is 3. The largest absolute Gasteiger partial charge is 0.456 e. The average Bonchev–Trinajstić information content (AvgIpc) is 3.79. The van der Waals surface area contributed by atoms with Gasteiger partial charge in [-0.3, -0.25) is 0 Å². The van der Waals surface area contributed by atoms with Crippen molar-refractivity contribution in [3.63, 3.8) is 0 Å². The number of nitrogens with zero attached hydrogens (tertiary/aromatic N) is 1. The Labute approximate surface area is 295 Å². The van der Waals surface area contributed by atoms with Crippen LogP contribution in [-0.2, 0) is 0 Å². The van der Waals surface area contributed by atoms with Crippen LogP contribution in [0.4, 0.5) is 17.1 Å². The second-order valence-corrected chi connectivity index (χ2v) is 12.9. The van der Waals surface area contributed by atoms with Gasteiger partial charge in [-0.15, -0.1) is 0 Å². The predicted molar refractivity (Wildman–Crippen MR) is 212 cm³/mol. The van der Waals surface area contributed by atoms with E-state index in [1.54, 1.807) is 0 Å². The molecule has 0 fully saturated rings. The van der Waals surface area contributed by atoms with Gasteiger partial charge >= 0.3 is 0 Å². The molecule has 0 spiro atoms. The number of rotatable bonds is 6. The zero-order valence-electron chi connectivity index (χ0n) is 27.7. The van der Waals surface area contributed by atoms with Crippen LogP contribution in [0.1, 0.15) is 0 Å². The summed E-state index contributed by atoms with van der Waals surface area (Å²) < 4.78 is 13.1. The van der Waals surface area contributed by atoms with Crippen molar-refractivity contribution in [2.75, 3.05) is 4.90 Å². The van der Waals surface area contributed by atoms with Gasteiger partial charge in [0.05, 0.1) is 11.1 Å². The smallest absolute Gasteiger partial charge is 0.143 e. The van der Waals surface area contributed by atoms with Gasteiger partial charge in [0.25, 0.3) is 0 Å². The minimum absolute atomic E-state index is 0.864. The van der Waals surface area contributed by atoms with Crippen LogP contribution in [0.2, 0.25) is 0 Å². The maximum absolute atomic E-state index is 6.75. The van der Waals surface area contributed by atoms with E-state index >= 15 is 0 Å². The van der Waals surface area contributed by atoms with Crippen molar-refractivity contribution in [1.82, 2.24) is 0 Å². The van der Waals surface area contributed by atoms with Crippen molar-refractivity contribution in [3.8, 4) is 33.4 Å². The van der Waals surface area contributed by atoms with Gasteiger partial charge in [-0.2, -0.15) is 0 Å². The highest BCUT2D eigenvalue weighted by Gasteiger charge is 2.20. The molecule has 240 valence electrons. The Balaban J connectivity index is 1.11. The third-order valence-electron chi connectivity index (χ3n) is 9.90. The molecule has 2 aromatic heterocycles. The van der Waals surface area contributed by atoms with Gasteiger partial charge in [0.2, 0.25) is 0 Å². The molecule has 0 aliphatic rings. The summed E-state index contributed by atoms with van der Waals surface area (Å²) in [5.41, 5.74) is 13.5. The van der Waals surface area contributed by atoms with Crippen LogP contribution in [-0.4, -0.2) is 0 Å². The van der Waals surface area contributed by atoms with E-state index in [-0.39, 0.29) is 0 Å². The van der Waals surface area contributed by atoms with E-state index in [4.69, 9.17) is 8.83 Å². The molecule has 0 unspecified atom stereocenters. The first kappa shape index (κ1) is 29.1. The molecule has 51 heavy (non-hydrogen) atoms. The van der Waals surface area contributed by atoms with Gasteiger partial charge in [0, 0.05) is 38.7 Å². The van der Waals surface area contributed by atoms with E-state index in [2.05, 4.69) is 175 Å². The second kappa shape index (κ2) is 11.9. The van der Waals surface area contributed by atoms with Crippen LogP contribution >= 0.6 is 0 Å². The first-order chi connectivity index (χ1) is 25.3. The molecule has 10 aromatic rings. The van der Waals surface area contributed by atoms with Crippen molar-refractivity contribution in [2.45, 2.75) is 0 Å². The first-order valence-electron chi connectivity index (χ1n) is 17.3. The van der Waals surface area contributed by atoms with E-state index in [1.165, 1.54) is 11.1 Å². The third-order valence-corrected chi connectivity index (χ3v) is 9.90. The van der Waals surface area contributed by atoms with Crippen molar-refractivity contribution < 1.29 is 8.83 Å². The molecule has 10 rings (SSSR count). The van der Waals surface area contributed by atoms with Gasteiger partial charge in [-0.25, -0.2) is 0 Å². The Kier molecular flexibility index (Phi) is 6.81. The van der Waals surface area contributed by atoms with Crippen molar-refractivity contribution in [2.24, 2.45) is 0 Å². The standard InChI is InChI=1S/C48H31NO2/c1-3-12-32(13-4-1)33-24-28-36(29-25-33)49(43-21-11-23-45-46(43)42-16-7-8-22-44(42)50-45)37-30-26-35(27-31-37)39-18-10-20-41-40-19-9-17-38(47(40)51-48(39)41)34-14-5-2-6-15-34/h1-31H. The summed E-state index contributed by atoms with van der Waals surface area (Å²) in [6, 6.07) is 66.0. The lowest BCUT2D eigenvalue weighted by molar-refractivity contribution is 0.669. The van der Waals surface area contributed by atoms with E-state index in [0.717, 1.165) is 83.2 Å². The van der Waals surface area contributed by atoms with Crippen LogP contribution < -0.4 is 4.90 Å². The lowest BCUT2D eigenvalue weighted by atomic mass is 10.00. The molecule has 0 aliphatic heterocycles. The molecule has 2 heterocycles. The predicted octanol–water partition coefficient (Wildman–Crippen LogP) is 14.0. The molecule has 0 atom stereocenters. The minimum Gasteiger partial charge on any atom is -0.456 e. The Bertz CT molecular complexity index is 2830. The molecule has 0 bridgehead atoms. The highest BCUT2D eigenvalue weighted by Crippen LogP contribution is 2.44. The monoisotopic (exact) mass is 653 g/mol. The van der Waals surface area contributed by atoms with Crippen molar-refractivity contribution >= 4 is 60.9 Å². The lowest BCUT2D eigenvalue weighted by Gasteiger charge is -2.26. The van der Waals surface area contributed by atoms with Gasteiger partial charge in [0.15, 0.2) is 0 Å². The quantitative estimate of drug-likeness (QED) is 0.179. The molecule has 0 radical (unpaired) electrons. The highest BCUT2D eigenvalue weighted by molar-refractivity contribution is 6.14. The topological polar surface area (TPSA) is 29.5 Å². The first-order valence-corrected chi connectivity index (χ1v) is 17.3. The Morgan fingerprint density at radius 2 is 0.784 bits per heavy atom. The van der Waals surface area contributed by atoms with Crippen LogP contribution in [0, 0.1) is 0 Å². The fourth-order valence-corrected chi connectivity index (χ4v) is 7.49. The molecule has 0 amide bonds. The number of benzene rings is 8. The van der Waals surface area contributed by atoms with E-state index in [9.17, 15) is 0 Å². The summed E-state index contributed by atoms with van der Waals surface area (Å²) in [6.07, 6.45) is 0. The SMILES string of the molecule is c1ccc(-c2ccc(N(c3ccc(-c4cccc5c4oc4c(-c6ccccc6)cccc45)cc3)c3cccc4oc5ccccc5c34)cc2)cc1. The Hall–Kier alpha value is -6.84. The summed E-state index contributed by atoms with van der Waals surface area (Å²) in [7, 11) is 0. The Morgan fingerprint density at radius 1 is 0.314 bits per heavy atom. The molecule has 3 heteroatoms. The van der Waals surface area contributed by atoms with E-state index in [1.807, 2.05) is 18.2 Å². The van der Waals surface area contributed by atoms with Crippen LogP contribution in [0.25, 0.3) is 77.3 Å². The second-order valence-electron chi connectivity index (χ2n) is 12.9. The number of furan rings is 2. The van der Waals surface area contributed by atoms with Crippen molar-refractivity contribution in [1.29, 1.82) is 0 Å². The van der Waals surface area contributed by atoms with Crippen LogP contribution in [0.5, 0.6) is 0 Å². The lowest BCUT2D eigenvalue weighted by Crippen LogP contribution is -2.10. The maximum Gasteiger partial charge on any atom is 0.143 e. The molecule has 8 aromatic carbocycles. The zero-order valence-corrected chi connectivity index (χ0v) is 27.7. The molecular formula is C48H31NO2. The minimum atomic E-state index is 0.864. The molecule has 0 saturated heterocycles. The summed E-state index contributed by atoms with van der Waals surface area (Å²) in [4.78, 5) is 2.33. The maximum atomic E-state index is 6.75. The zero-order chi connectivity index (χ0) is 33.7. The fourth-order valence-electron chi connectivity index (χ4n) is 7.49. The Morgan fingerprint density at radius 3 is 1.43 bits per heavy atom. The molecule has 3 nitrogen and oxygen atoms in total. The summed E-state index contributed by atoms with van der Waals surface area (Å²) >= 11 is 0. The highest BCUT2D eigenvalue weighted by atomic mass is 16.3. The number of hydrogen-bond donors (Lipinski definition) is 0. The van der Waals surface area contributed by atoms with Gasteiger partial charge in [-0.1, -0.05) is 146 Å². The van der Waals surface area contributed by atoms with Crippen LogP contribution in [0.3, 0.4) is 0 Å².